The lowest BCUT2D eigenvalue weighted by atomic mass is 10.1. The van der Waals surface area contributed by atoms with Gasteiger partial charge in [-0.2, -0.15) is 0 Å². The molecular weight excluding hydrogens is 387 g/mol. The Morgan fingerprint density at radius 2 is 1.67 bits per heavy atom. The van der Waals surface area contributed by atoms with Crippen LogP contribution < -0.4 is 10.6 Å². The van der Waals surface area contributed by atoms with Crippen molar-refractivity contribution in [3.63, 3.8) is 0 Å². The molecular formula is C14H11IN2O4. The normalized spacial score (nSPS) is 9.95. The van der Waals surface area contributed by atoms with Crippen LogP contribution in [0.1, 0.15) is 10.4 Å². The summed E-state index contributed by atoms with van der Waals surface area (Å²) < 4.78 is 0.856. The van der Waals surface area contributed by atoms with E-state index in [1.54, 1.807) is 12.1 Å². The van der Waals surface area contributed by atoms with Gasteiger partial charge in [-0.1, -0.05) is 12.1 Å². The third kappa shape index (κ3) is 3.85. The topological polar surface area (TPSA) is 98.7 Å². The minimum Gasteiger partial charge on any atom is -0.508 e. The molecule has 108 valence electrons. The highest BCUT2D eigenvalue weighted by atomic mass is 127. The van der Waals surface area contributed by atoms with E-state index in [-0.39, 0.29) is 17.0 Å². The predicted molar refractivity (Wildman–Crippen MR) is 86.9 cm³/mol. The fraction of sp³-hybridized carbons (Fsp3) is 0. The highest BCUT2D eigenvalue weighted by molar-refractivity contribution is 14.1. The number of benzene rings is 2. The Kier molecular flexibility index (Phi) is 4.63. The van der Waals surface area contributed by atoms with E-state index >= 15 is 0 Å². The second-order valence-corrected chi connectivity index (χ2v) is 5.26. The van der Waals surface area contributed by atoms with Crippen molar-refractivity contribution in [2.45, 2.75) is 0 Å². The molecule has 2 amide bonds. The zero-order valence-electron chi connectivity index (χ0n) is 10.6. The number of phenolic OH excluding ortho intramolecular Hbond substituents is 1. The van der Waals surface area contributed by atoms with E-state index in [4.69, 9.17) is 5.11 Å². The highest BCUT2D eigenvalue weighted by Gasteiger charge is 2.13. The monoisotopic (exact) mass is 398 g/mol. The molecule has 7 heteroatoms. The zero-order valence-corrected chi connectivity index (χ0v) is 12.8. The van der Waals surface area contributed by atoms with Crippen LogP contribution in [0.2, 0.25) is 0 Å². The van der Waals surface area contributed by atoms with Crippen LogP contribution in [0.5, 0.6) is 5.75 Å². The van der Waals surface area contributed by atoms with Crippen LogP contribution in [0, 0.1) is 3.57 Å². The van der Waals surface area contributed by atoms with Crippen LogP contribution in [0.15, 0.2) is 42.5 Å². The second kappa shape index (κ2) is 6.44. The lowest BCUT2D eigenvalue weighted by molar-refractivity contribution is 0.0697. The summed E-state index contributed by atoms with van der Waals surface area (Å²) in [5.41, 5.74) is 0.530. The molecule has 0 aliphatic rings. The highest BCUT2D eigenvalue weighted by Crippen LogP contribution is 2.22. The third-order valence-corrected chi connectivity index (χ3v) is 3.54. The number of halogens is 1. The SMILES string of the molecule is O=C(Nc1ccccc1I)Nc1ccc(O)cc1C(=O)O. The van der Waals surface area contributed by atoms with Gasteiger partial charge in [0, 0.05) is 3.57 Å². The average Bonchev–Trinajstić information content (AvgIpc) is 2.43. The first-order valence-corrected chi connectivity index (χ1v) is 6.94. The van der Waals surface area contributed by atoms with Crippen molar-refractivity contribution in [3.05, 3.63) is 51.6 Å². The van der Waals surface area contributed by atoms with E-state index in [9.17, 15) is 14.7 Å². The second-order valence-electron chi connectivity index (χ2n) is 4.09. The number of aromatic hydroxyl groups is 1. The van der Waals surface area contributed by atoms with Crippen molar-refractivity contribution in [1.82, 2.24) is 0 Å². The number of phenols is 1. The summed E-state index contributed by atoms with van der Waals surface area (Å²) in [6.07, 6.45) is 0. The van der Waals surface area contributed by atoms with Gasteiger partial charge in [-0.3, -0.25) is 0 Å². The van der Waals surface area contributed by atoms with Gasteiger partial charge in [0.25, 0.3) is 0 Å². The molecule has 0 aliphatic heterocycles. The number of hydrogen-bond donors (Lipinski definition) is 4. The zero-order chi connectivity index (χ0) is 15.4. The van der Waals surface area contributed by atoms with E-state index in [0.717, 1.165) is 9.64 Å². The van der Waals surface area contributed by atoms with Crippen LogP contribution in [0.4, 0.5) is 16.2 Å². The van der Waals surface area contributed by atoms with E-state index in [0.29, 0.717) is 5.69 Å². The van der Waals surface area contributed by atoms with Crippen LogP contribution in [0.3, 0.4) is 0 Å². The molecule has 0 atom stereocenters. The Hall–Kier alpha value is -2.29. The molecule has 0 fully saturated rings. The first-order valence-electron chi connectivity index (χ1n) is 5.86. The Morgan fingerprint density at radius 1 is 1.00 bits per heavy atom. The lowest BCUT2D eigenvalue weighted by Gasteiger charge is -2.11. The quantitative estimate of drug-likeness (QED) is 0.471. The predicted octanol–water partition coefficient (Wildman–Crippen LogP) is 3.34. The van der Waals surface area contributed by atoms with Crippen LogP contribution >= 0.6 is 22.6 Å². The summed E-state index contributed by atoms with van der Waals surface area (Å²) in [6.45, 7) is 0. The van der Waals surface area contributed by atoms with Gasteiger partial charge in [0.15, 0.2) is 0 Å². The molecule has 2 aromatic carbocycles. The Bertz CT molecular complexity index is 703. The first kappa shape index (κ1) is 15.1. The molecule has 0 spiro atoms. The number of para-hydroxylation sites is 1. The summed E-state index contributed by atoms with van der Waals surface area (Å²) in [5.74, 6) is -1.42. The Labute approximate surface area is 133 Å². The number of urea groups is 1. The number of carboxylic acids is 1. The van der Waals surface area contributed by atoms with Gasteiger partial charge in [0.2, 0.25) is 0 Å². The van der Waals surface area contributed by atoms with Crippen molar-refractivity contribution in [1.29, 1.82) is 0 Å². The molecule has 0 saturated carbocycles. The largest absolute Gasteiger partial charge is 0.508 e. The number of anilines is 2. The molecule has 0 bridgehead atoms. The van der Waals surface area contributed by atoms with Crippen molar-refractivity contribution in [3.8, 4) is 5.75 Å². The van der Waals surface area contributed by atoms with E-state index in [2.05, 4.69) is 33.2 Å². The number of carbonyl (C=O) groups is 2. The molecule has 2 rings (SSSR count). The van der Waals surface area contributed by atoms with Gasteiger partial charge in [-0.25, -0.2) is 9.59 Å². The molecule has 21 heavy (non-hydrogen) atoms. The molecule has 0 radical (unpaired) electrons. The number of amides is 2. The number of hydrogen-bond acceptors (Lipinski definition) is 3. The van der Waals surface area contributed by atoms with E-state index < -0.39 is 12.0 Å². The summed E-state index contributed by atoms with van der Waals surface area (Å²) >= 11 is 2.08. The minimum atomic E-state index is -1.24. The van der Waals surface area contributed by atoms with Crippen LogP contribution in [0.25, 0.3) is 0 Å². The van der Waals surface area contributed by atoms with Crippen molar-refractivity contribution >= 4 is 46.0 Å². The molecule has 0 unspecified atom stereocenters. The fourth-order valence-corrected chi connectivity index (χ4v) is 2.18. The molecule has 0 aromatic heterocycles. The smallest absolute Gasteiger partial charge is 0.337 e. The maximum Gasteiger partial charge on any atom is 0.337 e. The third-order valence-electron chi connectivity index (χ3n) is 2.60. The summed E-state index contributed by atoms with van der Waals surface area (Å²) in [5, 5.41) is 23.4. The van der Waals surface area contributed by atoms with Gasteiger partial charge in [-0.15, -0.1) is 0 Å². The van der Waals surface area contributed by atoms with E-state index in [1.165, 1.54) is 12.1 Å². The average molecular weight is 398 g/mol. The van der Waals surface area contributed by atoms with Gasteiger partial charge in [-0.05, 0) is 52.9 Å². The van der Waals surface area contributed by atoms with Gasteiger partial charge in [0.05, 0.1) is 16.9 Å². The summed E-state index contributed by atoms with van der Waals surface area (Å²) in [7, 11) is 0. The molecule has 6 nitrogen and oxygen atoms in total. The van der Waals surface area contributed by atoms with Crippen molar-refractivity contribution in [2.75, 3.05) is 10.6 Å². The summed E-state index contributed by atoms with van der Waals surface area (Å²) in [6, 6.07) is 10.3. The van der Waals surface area contributed by atoms with Gasteiger partial charge in [0.1, 0.15) is 5.75 Å². The van der Waals surface area contributed by atoms with Crippen molar-refractivity contribution in [2.24, 2.45) is 0 Å². The maximum atomic E-state index is 11.9. The molecule has 4 N–H and O–H groups in total. The number of nitrogens with one attached hydrogen (secondary N) is 2. The minimum absolute atomic E-state index is 0.101. The fourth-order valence-electron chi connectivity index (χ4n) is 1.66. The Balaban J connectivity index is 2.17. The number of carboxylic acid groups (broad SMARTS) is 1. The molecule has 2 aromatic rings. The first-order chi connectivity index (χ1) is 9.97. The van der Waals surface area contributed by atoms with E-state index in [1.807, 2.05) is 12.1 Å². The molecule has 0 aliphatic carbocycles. The Morgan fingerprint density at radius 3 is 2.33 bits per heavy atom. The van der Waals surface area contributed by atoms with Gasteiger partial charge < -0.3 is 20.8 Å². The van der Waals surface area contributed by atoms with Crippen molar-refractivity contribution < 1.29 is 19.8 Å². The molecule has 0 saturated heterocycles. The molecule has 0 heterocycles. The maximum absolute atomic E-state index is 11.9. The number of carbonyl (C=O) groups excluding carboxylic acids is 1. The number of aromatic carboxylic acids is 1. The summed E-state index contributed by atoms with van der Waals surface area (Å²) in [4.78, 5) is 23.0. The lowest BCUT2D eigenvalue weighted by Crippen LogP contribution is -2.21. The van der Waals surface area contributed by atoms with Crippen LogP contribution in [-0.2, 0) is 0 Å². The van der Waals surface area contributed by atoms with Crippen LogP contribution in [-0.4, -0.2) is 22.2 Å². The number of rotatable bonds is 3. The van der Waals surface area contributed by atoms with Gasteiger partial charge >= 0.3 is 12.0 Å². The standard InChI is InChI=1S/C14H11IN2O4/c15-10-3-1-2-4-12(10)17-14(21)16-11-6-5-8(18)7-9(11)13(19)20/h1-7,18H,(H,19,20)(H2,16,17,21).